The summed E-state index contributed by atoms with van der Waals surface area (Å²) in [5, 5.41) is 7.06. The Labute approximate surface area is 171 Å². The van der Waals surface area contributed by atoms with Crippen LogP contribution in [0.3, 0.4) is 0 Å². The van der Waals surface area contributed by atoms with Crippen LogP contribution in [-0.2, 0) is 0 Å². The zero-order valence-corrected chi connectivity index (χ0v) is 16.3. The molecule has 1 N–H and O–H groups in total. The molecule has 9 heteroatoms. The smallest absolute Gasteiger partial charge is 0.290 e. The molecule has 1 aromatic heterocycles. The summed E-state index contributed by atoms with van der Waals surface area (Å²) in [6.45, 7) is 3.46. The Balaban J connectivity index is 1.35. The van der Waals surface area contributed by atoms with Crippen LogP contribution in [0, 0.1) is 30.3 Å². The second-order valence-corrected chi connectivity index (χ2v) is 7.28. The number of aryl methyl sites for hydroxylation is 1. The Hall–Kier alpha value is -3.36. The van der Waals surface area contributed by atoms with Crippen LogP contribution >= 0.6 is 0 Å². The van der Waals surface area contributed by atoms with Gasteiger partial charge in [0, 0.05) is 31.4 Å². The molecular weight excluding hydrogens is 395 g/mol. The molecule has 6 nitrogen and oxygen atoms in total. The van der Waals surface area contributed by atoms with E-state index in [1.54, 1.807) is 25.1 Å². The highest BCUT2D eigenvalue weighted by atomic mass is 19.2. The molecule has 0 bridgehead atoms. The molecule has 1 amide bonds. The summed E-state index contributed by atoms with van der Waals surface area (Å²) in [5.41, 5.74) is 1.23. The van der Waals surface area contributed by atoms with Gasteiger partial charge in [0.25, 0.3) is 5.91 Å². The Morgan fingerprint density at radius 1 is 1.10 bits per heavy atom. The van der Waals surface area contributed by atoms with E-state index in [1.807, 2.05) is 4.90 Å². The number of hydrogen-bond acceptors (Lipinski definition) is 4. The van der Waals surface area contributed by atoms with E-state index in [0.29, 0.717) is 36.8 Å². The highest BCUT2D eigenvalue weighted by molar-refractivity contribution is 5.90. The normalized spacial score (nSPS) is 16.1. The maximum Gasteiger partial charge on any atom is 0.290 e. The number of rotatable bonds is 5. The molecule has 1 unspecified atom stereocenters. The average molecular weight is 415 g/mol. The molecule has 1 saturated heterocycles. The Kier molecular flexibility index (Phi) is 5.43. The lowest BCUT2D eigenvalue weighted by atomic mass is 10.1. The molecule has 30 heavy (non-hydrogen) atoms. The van der Waals surface area contributed by atoms with Gasteiger partial charge in [-0.3, -0.25) is 4.79 Å². The summed E-state index contributed by atoms with van der Waals surface area (Å²) in [4.78, 5) is 18.6. The van der Waals surface area contributed by atoms with Gasteiger partial charge in [-0.05, 0) is 55.7 Å². The second kappa shape index (κ2) is 8.17. The topological polar surface area (TPSA) is 63.1 Å². The van der Waals surface area contributed by atoms with Crippen molar-refractivity contribution in [3.63, 3.8) is 0 Å². The third-order valence-corrected chi connectivity index (χ3v) is 5.15. The molecule has 1 aliphatic heterocycles. The number of carbonyl (C=O) groups is 1. The first-order chi connectivity index (χ1) is 14.4. The molecule has 156 valence electrons. The number of anilines is 1. The van der Waals surface area contributed by atoms with Crippen molar-refractivity contribution in [2.75, 3.05) is 24.5 Å². The number of aromatic nitrogens is 3. The minimum Gasteiger partial charge on any atom is -0.371 e. The van der Waals surface area contributed by atoms with Crippen LogP contribution in [0.15, 0.2) is 42.5 Å². The quantitative estimate of drug-likeness (QED) is 0.695. The highest BCUT2D eigenvalue weighted by Crippen LogP contribution is 2.25. The zero-order chi connectivity index (χ0) is 21.3. The predicted molar refractivity (Wildman–Crippen MR) is 105 cm³/mol. The van der Waals surface area contributed by atoms with Crippen molar-refractivity contribution in [2.45, 2.75) is 13.3 Å². The summed E-state index contributed by atoms with van der Waals surface area (Å²) < 4.78 is 41.2. The molecule has 2 aromatic carbocycles. The monoisotopic (exact) mass is 415 g/mol. The van der Waals surface area contributed by atoms with E-state index in [1.165, 1.54) is 22.9 Å². The summed E-state index contributed by atoms with van der Waals surface area (Å²) in [6, 6.07) is 9.60. The lowest BCUT2D eigenvalue weighted by Gasteiger charge is -2.19. The minimum atomic E-state index is -0.873. The summed E-state index contributed by atoms with van der Waals surface area (Å²) in [7, 11) is 0. The fraction of sp³-hybridized carbons (Fsp3) is 0.286. The van der Waals surface area contributed by atoms with Crippen molar-refractivity contribution in [3.8, 4) is 5.69 Å². The number of nitrogens with zero attached hydrogens (tertiary/aromatic N) is 4. The number of benzene rings is 2. The van der Waals surface area contributed by atoms with E-state index >= 15 is 0 Å². The standard InChI is InChI=1S/C21H20F3N5O/c1-13-26-20(27-29(13)16-4-2-15(22)3-5-16)21(30)25-11-14-8-9-28(12-14)17-6-7-18(23)19(24)10-17/h2-7,10,14H,8-9,11-12H2,1H3,(H,25,30). The molecule has 3 aromatic rings. The van der Waals surface area contributed by atoms with Crippen LogP contribution in [0.1, 0.15) is 22.9 Å². The van der Waals surface area contributed by atoms with Crippen molar-refractivity contribution in [3.05, 3.63) is 71.6 Å². The Bertz CT molecular complexity index is 1070. The van der Waals surface area contributed by atoms with Crippen LogP contribution in [-0.4, -0.2) is 40.3 Å². The van der Waals surface area contributed by atoms with Crippen LogP contribution < -0.4 is 10.2 Å². The van der Waals surface area contributed by atoms with Gasteiger partial charge in [-0.2, -0.15) is 0 Å². The van der Waals surface area contributed by atoms with Crippen molar-refractivity contribution in [1.29, 1.82) is 0 Å². The summed E-state index contributed by atoms with van der Waals surface area (Å²) in [6.07, 6.45) is 0.815. The average Bonchev–Trinajstić information content (AvgIpc) is 3.36. The third kappa shape index (κ3) is 4.14. The van der Waals surface area contributed by atoms with E-state index in [-0.39, 0.29) is 17.6 Å². The van der Waals surface area contributed by atoms with E-state index in [9.17, 15) is 18.0 Å². The van der Waals surface area contributed by atoms with Gasteiger partial charge in [0.15, 0.2) is 11.6 Å². The fourth-order valence-electron chi connectivity index (χ4n) is 3.54. The van der Waals surface area contributed by atoms with Crippen LogP contribution in [0.4, 0.5) is 18.9 Å². The SMILES string of the molecule is Cc1nc(C(=O)NCC2CCN(c3ccc(F)c(F)c3)C2)nn1-c1ccc(F)cc1. The van der Waals surface area contributed by atoms with E-state index in [4.69, 9.17) is 0 Å². The molecule has 0 spiro atoms. The maximum atomic E-state index is 13.5. The van der Waals surface area contributed by atoms with Crippen molar-refractivity contribution < 1.29 is 18.0 Å². The third-order valence-electron chi connectivity index (χ3n) is 5.15. The molecule has 0 radical (unpaired) electrons. The number of carbonyl (C=O) groups excluding carboxylic acids is 1. The first-order valence-electron chi connectivity index (χ1n) is 9.58. The van der Waals surface area contributed by atoms with Crippen LogP contribution in [0.5, 0.6) is 0 Å². The van der Waals surface area contributed by atoms with Crippen molar-refractivity contribution in [2.24, 2.45) is 5.92 Å². The largest absolute Gasteiger partial charge is 0.371 e. The minimum absolute atomic E-state index is 0.0345. The lowest BCUT2D eigenvalue weighted by molar-refractivity contribution is 0.0938. The van der Waals surface area contributed by atoms with Gasteiger partial charge in [0.2, 0.25) is 5.82 Å². The zero-order valence-electron chi connectivity index (χ0n) is 16.3. The second-order valence-electron chi connectivity index (χ2n) is 7.28. The van der Waals surface area contributed by atoms with E-state index in [0.717, 1.165) is 12.5 Å². The van der Waals surface area contributed by atoms with Crippen LogP contribution in [0.2, 0.25) is 0 Å². The van der Waals surface area contributed by atoms with Gasteiger partial charge < -0.3 is 10.2 Å². The molecule has 0 aliphatic carbocycles. The molecule has 1 aliphatic rings. The summed E-state index contributed by atoms with van der Waals surface area (Å²) >= 11 is 0. The molecular formula is C21H20F3N5O. The van der Waals surface area contributed by atoms with Crippen LogP contribution in [0.25, 0.3) is 5.69 Å². The molecule has 1 atom stereocenters. The first-order valence-corrected chi connectivity index (χ1v) is 9.58. The fourth-order valence-corrected chi connectivity index (χ4v) is 3.54. The van der Waals surface area contributed by atoms with E-state index < -0.39 is 17.5 Å². The van der Waals surface area contributed by atoms with Gasteiger partial charge >= 0.3 is 0 Å². The number of halogens is 3. The van der Waals surface area contributed by atoms with Gasteiger partial charge in [-0.25, -0.2) is 22.8 Å². The van der Waals surface area contributed by atoms with Crippen molar-refractivity contribution in [1.82, 2.24) is 20.1 Å². The van der Waals surface area contributed by atoms with Gasteiger partial charge in [-0.15, -0.1) is 5.10 Å². The molecule has 2 heterocycles. The van der Waals surface area contributed by atoms with Gasteiger partial charge in [0.1, 0.15) is 11.6 Å². The van der Waals surface area contributed by atoms with Gasteiger partial charge in [0.05, 0.1) is 5.69 Å². The molecule has 1 fully saturated rings. The Morgan fingerprint density at radius 2 is 1.83 bits per heavy atom. The first kappa shape index (κ1) is 19.9. The number of amides is 1. The van der Waals surface area contributed by atoms with Crippen molar-refractivity contribution >= 4 is 11.6 Å². The number of nitrogens with one attached hydrogen (secondary N) is 1. The lowest BCUT2D eigenvalue weighted by Crippen LogP contribution is -2.31. The molecule has 4 rings (SSSR count). The molecule has 0 saturated carbocycles. The maximum absolute atomic E-state index is 13.5. The van der Waals surface area contributed by atoms with Gasteiger partial charge in [-0.1, -0.05) is 0 Å². The predicted octanol–water partition coefficient (Wildman–Crippen LogP) is 3.25. The summed E-state index contributed by atoms with van der Waals surface area (Å²) in [5.74, 6) is -1.78. The highest BCUT2D eigenvalue weighted by Gasteiger charge is 2.25. The Morgan fingerprint density at radius 3 is 2.57 bits per heavy atom. The number of hydrogen-bond donors (Lipinski definition) is 1. The van der Waals surface area contributed by atoms with E-state index in [2.05, 4.69) is 15.4 Å².